The number of amides is 1. The summed E-state index contributed by atoms with van der Waals surface area (Å²) in [7, 11) is 0. The fraction of sp³-hybridized carbons (Fsp3) is 0.889. The van der Waals surface area contributed by atoms with Gasteiger partial charge in [0.15, 0.2) is 0 Å². The van der Waals surface area contributed by atoms with Gasteiger partial charge in [0.2, 0.25) is 0 Å². The third-order valence-corrected chi connectivity index (χ3v) is 3.52. The minimum atomic E-state index is -0.800. The zero-order valence-corrected chi connectivity index (χ0v) is 8.22. The van der Waals surface area contributed by atoms with Crippen molar-refractivity contribution in [1.82, 2.24) is 4.90 Å². The molecule has 1 heterocycles. The standard InChI is InChI=1S/C9H17NO2/c1-8(2)5-6-10(7(11)12)9(8,3)4/h5-6H2,1-4H3,(H,11,12). The Labute approximate surface area is 73.4 Å². The lowest BCUT2D eigenvalue weighted by Crippen LogP contribution is -2.48. The van der Waals surface area contributed by atoms with Crippen molar-refractivity contribution in [3.63, 3.8) is 0 Å². The van der Waals surface area contributed by atoms with E-state index in [4.69, 9.17) is 5.11 Å². The van der Waals surface area contributed by atoms with Crippen molar-refractivity contribution in [1.29, 1.82) is 0 Å². The summed E-state index contributed by atoms with van der Waals surface area (Å²) in [5.41, 5.74) is -0.149. The Hall–Kier alpha value is -0.730. The first-order valence-electron chi connectivity index (χ1n) is 4.29. The third kappa shape index (κ3) is 1.08. The number of hydrogen-bond acceptors (Lipinski definition) is 1. The lowest BCUT2D eigenvalue weighted by Gasteiger charge is -2.39. The molecule has 1 saturated heterocycles. The molecule has 1 aliphatic rings. The third-order valence-electron chi connectivity index (χ3n) is 3.52. The Morgan fingerprint density at radius 1 is 1.33 bits per heavy atom. The monoisotopic (exact) mass is 171 g/mol. The van der Waals surface area contributed by atoms with Crippen LogP contribution in [0.3, 0.4) is 0 Å². The second kappa shape index (κ2) is 2.38. The quantitative estimate of drug-likeness (QED) is 0.606. The van der Waals surface area contributed by atoms with Gasteiger partial charge in [0.05, 0.1) is 0 Å². The van der Waals surface area contributed by atoms with E-state index in [1.165, 1.54) is 4.90 Å². The molecular weight excluding hydrogens is 154 g/mol. The molecule has 0 saturated carbocycles. The minimum absolute atomic E-state index is 0.0887. The van der Waals surface area contributed by atoms with E-state index in [1.807, 2.05) is 13.8 Å². The van der Waals surface area contributed by atoms with Gasteiger partial charge < -0.3 is 10.0 Å². The van der Waals surface area contributed by atoms with E-state index in [0.717, 1.165) is 6.42 Å². The van der Waals surface area contributed by atoms with Crippen molar-refractivity contribution < 1.29 is 9.90 Å². The molecular formula is C9H17NO2. The van der Waals surface area contributed by atoms with Crippen LogP contribution in [0.5, 0.6) is 0 Å². The van der Waals surface area contributed by atoms with Crippen LogP contribution in [0.25, 0.3) is 0 Å². The highest BCUT2D eigenvalue weighted by Crippen LogP contribution is 2.44. The van der Waals surface area contributed by atoms with Crippen LogP contribution >= 0.6 is 0 Å². The zero-order chi connectivity index (χ0) is 9.57. The molecule has 0 aliphatic carbocycles. The fourth-order valence-electron chi connectivity index (χ4n) is 1.68. The van der Waals surface area contributed by atoms with Gasteiger partial charge >= 0.3 is 6.09 Å². The minimum Gasteiger partial charge on any atom is -0.465 e. The van der Waals surface area contributed by atoms with Crippen molar-refractivity contribution in [3.05, 3.63) is 0 Å². The van der Waals surface area contributed by atoms with Crippen molar-refractivity contribution in [2.75, 3.05) is 6.54 Å². The topological polar surface area (TPSA) is 40.5 Å². The van der Waals surface area contributed by atoms with Gasteiger partial charge in [-0.25, -0.2) is 4.79 Å². The molecule has 0 radical (unpaired) electrons. The van der Waals surface area contributed by atoms with Gasteiger partial charge in [-0.3, -0.25) is 0 Å². The van der Waals surface area contributed by atoms with Crippen LogP contribution in [-0.4, -0.2) is 28.2 Å². The summed E-state index contributed by atoms with van der Waals surface area (Å²) in [6.07, 6.45) is 0.150. The molecule has 1 rings (SSSR count). The Balaban J connectivity index is 2.93. The predicted octanol–water partition coefficient (Wildman–Crippen LogP) is 2.17. The van der Waals surface area contributed by atoms with E-state index >= 15 is 0 Å². The second-order valence-electron chi connectivity index (χ2n) is 4.63. The normalized spacial score (nSPS) is 25.8. The van der Waals surface area contributed by atoms with Gasteiger partial charge in [0.25, 0.3) is 0 Å². The summed E-state index contributed by atoms with van der Waals surface area (Å²) in [4.78, 5) is 12.4. The van der Waals surface area contributed by atoms with Crippen LogP contribution in [0, 0.1) is 5.41 Å². The van der Waals surface area contributed by atoms with Gasteiger partial charge in [-0.1, -0.05) is 13.8 Å². The average molecular weight is 171 g/mol. The van der Waals surface area contributed by atoms with Gasteiger partial charge in [0, 0.05) is 12.1 Å². The van der Waals surface area contributed by atoms with Crippen molar-refractivity contribution in [3.8, 4) is 0 Å². The summed E-state index contributed by atoms with van der Waals surface area (Å²) in [6, 6.07) is 0. The predicted molar refractivity (Wildman–Crippen MR) is 47.2 cm³/mol. The number of nitrogens with zero attached hydrogens (tertiary/aromatic N) is 1. The lowest BCUT2D eigenvalue weighted by molar-refractivity contribution is 0.0792. The Morgan fingerprint density at radius 2 is 1.83 bits per heavy atom. The Morgan fingerprint density at radius 3 is 2.00 bits per heavy atom. The van der Waals surface area contributed by atoms with Gasteiger partial charge in [-0.15, -0.1) is 0 Å². The van der Waals surface area contributed by atoms with Crippen LogP contribution in [0.1, 0.15) is 34.1 Å². The molecule has 0 aromatic heterocycles. The summed E-state index contributed by atoms with van der Waals surface area (Å²) in [5, 5.41) is 8.91. The maximum atomic E-state index is 10.8. The van der Waals surface area contributed by atoms with Crippen LogP contribution in [0.2, 0.25) is 0 Å². The number of likely N-dealkylation sites (tertiary alicyclic amines) is 1. The Kier molecular flexibility index (Phi) is 1.85. The van der Waals surface area contributed by atoms with Gasteiger partial charge in [-0.05, 0) is 25.7 Å². The molecule has 0 bridgehead atoms. The van der Waals surface area contributed by atoms with Crippen molar-refractivity contribution in [2.24, 2.45) is 5.41 Å². The number of rotatable bonds is 0. The molecule has 3 nitrogen and oxygen atoms in total. The molecule has 0 aromatic rings. The number of carboxylic acid groups (broad SMARTS) is 1. The molecule has 12 heavy (non-hydrogen) atoms. The highest BCUT2D eigenvalue weighted by Gasteiger charge is 2.49. The Bertz CT molecular complexity index is 209. The van der Waals surface area contributed by atoms with Crippen LogP contribution in [-0.2, 0) is 0 Å². The largest absolute Gasteiger partial charge is 0.465 e. The molecule has 3 heteroatoms. The highest BCUT2D eigenvalue weighted by atomic mass is 16.4. The fourth-order valence-corrected chi connectivity index (χ4v) is 1.68. The molecule has 1 fully saturated rings. The van der Waals surface area contributed by atoms with Crippen LogP contribution in [0.4, 0.5) is 4.79 Å². The van der Waals surface area contributed by atoms with E-state index in [1.54, 1.807) is 0 Å². The molecule has 0 spiro atoms. The van der Waals surface area contributed by atoms with Crippen LogP contribution in [0.15, 0.2) is 0 Å². The summed E-state index contributed by atoms with van der Waals surface area (Å²) >= 11 is 0. The summed E-state index contributed by atoms with van der Waals surface area (Å²) in [5.74, 6) is 0. The number of carbonyl (C=O) groups is 1. The SMILES string of the molecule is CC1(C)CCN(C(=O)O)C1(C)C. The van der Waals surface area contributed by atoms with Gasteiger partial charge in [0.1, 0.15) is 0 Å². The van der Waals surface area contributed by atoms with Gasteiger partial charge in [-0.2, -0.15) is 0 Å². The van der Waals surface area contributed by atoms with E-state index in [2.05, 4.69) is 13.8 Å². The number of hydrogen-bond donors (Lipinski definition) is 1. The molecule has 70 valence electrons. The zero-order valence-electron chi connectivity index (χ0n) is 8.22. The van der Waals surface area contributed by atoms with E-state index in [-0.39, 0.29) is 11.0 Å². The molecule has 0 unspecified atom stereocenters. The van der Waals surface area contributed by atoms with E-state index in [0.29, 0.717) is 6.54 Å². The molecule has 1 aliphatic heterocycles. The first-order valence-corrected chi connectivity index (χ1v) is 4.29. The molecule has 1 amide bonds. The second-order valence-corrected chi connectivity index (χ2v) is 4.63. The average Bonchev–Trinajstić information content (AvgIpc) is 2.03. The van der Waals surface area contributed by atoms with E-state index in [9.17, 15) is 4.79 Å². The highest BCUT2D eigenvalue weighted by molar-refractivity contribution is 5.66. The molecule has 1 N–H and O–H groups in total. The summed E-state index contributed by atoms with van der Waals surface area (Å²) in [6.45, 7) is 8.89. The van der Waals surface area contributed by atoms with Crippen molar-refractivity contribution >= 4 is 6.09 Å². The first kappa shape index (κ1) is 9.36. The summed E-state index contributed by atoms with van der Waals surface area (Å²) < 4.78 is 0. The van der Waals surface area contributed by atoms with Crippen molar-refractivity contribution in [2.45, 2.75) is 39.7 Å². The lowest BCUT2D eigenvalue weighted by atomic mass is 9.75. The maximum Gasteiger partial charge on any atom is 0.407 e. The maximum absolute atomic E-state index is 10.8. The first-order chi connectivity index (χ1) is 5.29. The molecule has 0 atom stereocenters. The van der Waals surface area contributed by atoms with Crippen LogP contribution < -0.4 is 0 Å². The van der Waals surface area contributed by atoms with E-state index < -0.39 is 6.09 Å². The smallest absolute Gasteiger partial charge is 0.407 e. The molecule has 0 aromatic carbocycles.